The zero-order valence-electron chi connectivity index (χ0n) is 9.78. The molecule has 0 aliphatic rings. The number of hydrazine groups is 1. The molecule has 2 aromatic rings. The zero-order chi connectivity index (χ0) is 14.8. The number of nitrogens with zero attached hydrogens (tertiary/aromatic N) is 2. The van der Waals surface area contributed by atoms with E-state index in [2.05, 4.69) is 9.97 Å². The fourth-order valence-electron chi connectivity index (χ4n) is 1.31. The van der Waals surface area contributed by atoms with E-state index in [1.807, 2.05) is 5.43 Å². The minimum Gasteiger partial charge on any atom is -0.292 e. The number of nitrogens with one attached hydrogen (secondary N) is 1. The molecule has 20 heavy (non-hydrogen) atoms. The second-order valence-corrected chi connectivity index (χ2v) is 4.71. The summed E-state index contributed by atoms with van der Waals surface area (Å²) >= 11 is 0.943. The number of hydrogen-bond donors (Lipinski definition) is 2. The summed E-state index contributed by atoms with van der Waals surface area (Å²) in [6.45, 7) is 0. The Morgan fingerprint density at radius 3 is 2.30 bits per heavy atom. The largest absolute Gasteiger partial charge is 0.433 e. The van der Waals surface area contributed by atoms with Gasteiger partial charge in [0.25, 0.3) is 0 Å². The summed E-state index contributed by atoms with van der Waals surface area (Å²) < 4.78 is 50.7. The molecule has 2 rings (SSSR count). The number of aromatic nitrogens is 2. The van der Waals surface area contributed by atoms with E-state index in [0.717, 1.165) is 17.8 Å². The topological polar surface area (TPSA) is 63.8 Å². The first-order chi connectivity index (χ1) is 9.38. The van der Waals surface area contributed by atoms with Gasteiger partial charge in [-0.1, -0.05) is 11.8 Å². The summed E-state index contributed by atoms with van der Waals surface area (Å²) in [6, 6.07) is 6.08. The van der Waals surface area contributed by atoms with E-state index in [1.165, 1.54) is 24.3 Å². The van der Waals surface area contributed by atoms with Crippen LogP contribution in [0, 0.1) is 5.82 Å². The normalized spacial score (nSPS) is 11.4. The van der Waals surface area contributed by atoms with Crippen LogP contribution in [0.25, 0.3) is 0 Å². The number of hydrogen-bond acceptors (Lipinski definition) is 5. The molecule has 1 heterocycles. The third kappa shape index (κ3) is 3.58. The van der Waals surface area contributed by atoms with Crippen LogP contribution in [0.2, 0.25) is 0 Å². The van der Waals surface area contributed by atoms with Gasteiger partial charge in [-0.05, 0) is 24.3 Å². The average Bonchev–Trinajstić information content (AvgIpc) is 2.40. The highest BCUT2D eigenvalue weighted by molar-refractivity contribution is 7.99. The van der Waals surface area contributed by atoms with Crippen LogP contribution in [-0.2, 0) is 6.18 Å². The number of rotatable bonds is 3. The molecule has 0 aliphatic carbocycles. The highest BCUT2D eigenvalue weighted by Gasteiger charge is 2.33. The molecule has 0 saturated carbocycles. The van der Waals surface area contributed by atoms with Crippen molar-refractivity contribution in [3.8, 4) is 0 Å². The van der Waals surface area contributed by atoms with Gasteiger partial charge in [0.15, 0.2) is 5.69 Å². The third-order valence-electron chi connectivity index (χ3n) is 2.16. The lowest BCUT2D eigenvalue weighted by atomic mass is 10.4. The first-order valence-corrected chi connectivity index (χ1v) is 6.06. The van der Waals surface area contributed by atoms with Gasteiger partial charge in [-0.2, -0.15) is 13.2 Å². The van der Waals surface area contributed by atoms with Crippen molar-refractivity contribution >= 4 is 17.7 Å². The van der Waals surface area contributed by atoms with Gasteiger partial charge in [0.1, 0.15) is 10.8 Å². The first-order valence-electron chi connectivity index (χ1n) is 5.25. The molecule has 0 unspecified atom stereocenters. The Labute approximate surface area is 115 Å². The summed E-state index contributed by atoms with van der Waals surface area (Å²) in [5.41, 5.74) is 0.873. The maximum absolute atomic E-state index is 12.8. The molecule has 0 saturated heterocycles. The SMILES string of the molecule is NNc1nc(Sc2ccc(F)cc2)cc(C(F)(F)F)n1. The molecule has 0 amide bonds. The molecule has 0 spiro atoms. The molecule has 0 fully saturated rings. The molecule has 9 heteroatoms. The Morgan fingerprint density at radius 1 is 1.10 bits per heavy atom. The van der Waals surface area contributed by atoms with Crippen molar-refractivity contribution in [2.24, 2.45) is 5.84 Å². The van der Waals surface area contributed by atoms with Crippen LogP contribution in [-0.4, -0.2) is 9.97 Å². The van der Waals surface area contributed by atoms with Crippen molar-refractivity contribution in [3.05, 3.63) is 41.8 Å². The Bertz CT molecular complexity index is 600. The summed E-state index contributed by atoms with van der Waals surface area (Å²) in [6.07, 6.45) is -4.60. The molecule has 0 aliphatic heterocycles. The van der Waals surface area contributed by atoms with Gasteiger partial charge in [0, 0.05) is 11.0 Å². The summed E-state index contributed by atoms with van der Waals surface area (Å²) in [4.78, 5) is 7.58. The van der Waals surface area contributed by atoms with Crippen molar-refractivity contribution < 1.29 is 17.6 Å². The molecule has 1 aromatic heterocycles. The maximum atomic E-state index is 12.8. The molecule has 0 bridgehead atoms. The van der Waals surface area contributed by atoms with E-state index in [1.54, 1.807) is 0 Å². The molecule has 106 valence electrons. The number of alkyl halides is 3. The van der Waals surface area contributed by atoms with Crippen molar-refractivity contribution in [2.45, 2.75) is 16.1 Å². The van der Waals surface area contributed by atoms with E-state index in [4.69, 9.17) is 5.84 Å². The van der Waals surface area contributed by atoms with Crippen LogP contribution in [0.5, 0.6) is 0 Å². The van der Waals surface area contributed by atoms with Crippen LogP contribution in [0.1, 0.15) is 5.69 Å². The maximum Gasteiger partial charge on any atom is 0.433 e. The predicted molar refractivity (Wildman–Crippen MR) is 65.4 cm³/mol. The summed E-state index contributed by atoms with van der Waals surface area (Å²) in [7, 11) is 0. The van der Waals surface area contributed by atoms with Crippen LogP contribution in [0.4, 0.5) is 23.5 Å². The molecule has 1 aromatic carbocycles. The van der Waals surface area contributed by atoms with Crippen LogP contribution in [0.15, 0.2) is 40.3 Å². The van der Waals surface area contributed by atoms with Crippen molar-refractivity contribution in [1.29, 1.82) is 0 Å². The summed E-state index contributed by atoms with van der Waals surface area (Å²) in [5.74, 6) is 4.27. The Kier molecular flexibility index (Phi) is 4.09. The van der Waals surface area contributed by atoms with Gasteiger partial charge in [-0.3, -0.25) is 5.43 Å². The fourth-order valence-corrected chi connectivity index (χ4v) is 2.13. The quantitative estimate of drug-likeness (QED) is 0.395. The lowest BCUT2D eigenvalue weighted by Gasteiger charge is -2.09. The fraction of sp³-hybridized carbons (Fsp3) is 0.0909. The monoisotopic (exact) mass is 304 g/mol. The van der Waals surface area contributed by atoms with Gasteiger partial charge >= 0.3 is 6.18 Å². The molecular formula is C11H8F4N4S. The second kappa shape index (κ2) is 5.63. The van der Waals surface area contributed by atoms with E-state index in [9.17, 15) is 17.6 Å². The average molecular weight is 304 g/mol. The lowest BCUT2D eigenvalue weighted by Crippen LogP contribution is -2.15. The van der Waals surface area contributed by atoms with Gasteiger partial charge in [-0.25, -0.2) is 20.2 Å². The zero-order valence-corrected chi connectivity index (χ0v) is 10.6. The minimum atomic E-state index is -4.60. The second-order valence-electron chi connectivity index (χ2n) is 3.61. The number of anilines is 1. The lowest BCUT2D eigenvalue weighted by molar-refractivity contribution is -0.141. The van der Waals surface area contributed by atoms with Gasteiger partial charge in [-0.15, -0.1) is 0 Å². The number of nitrogens with two attached hydrogens (primary N) is 1. The van der Waals surface area contributed by atoms with Gasteiger partial charge in [0.05, 0.1) is 0 Å². The van der Waals surface area contributed by atoms with Gasteiger partial charge < -0.3 is 0 Å². The van der Waals surface area contributed by atoms with Crippen molar-refractivity contribution in [3.63, 3.8) is 0 Å². The Balaban J connectivity index is 2.33. The number of nitrogen functional groups attached to an aromatic ring is 1. The minimum absolute atomic E-state index is 0.0480. The number of benzene rings is 1. The van der Waals surface area contributed by atoms with E-state index in [0.29, 0.717) is 4.90 Å². The van der Waals surface area contributed by atoms with Crippen molar-refractivity contribution in [1.82, 2.24) is 9.97 Å². The standard InChI is InChI=1S/C11H8F4N4S/c12-6-1-3-7(4-2-6)20-9-5-8(11(13,14)15)17-10(18-9)19-16/h1-5H,16H2,(H,17,18,19). The summed E-state index contributed by atoms with van der Waals surface area (Å²) in [5, 5.41) is 0.0480. The van der Waals surface area contributed by atoms with E-state index < -0.39 is 17.7 Å². The Morgan fingerprint density at radius 2 is 1.75 bits per heavy atom. The first kappa shape index (κ1) is 14.5. The van der Waals surface area contributed by atoms with E-state index in [-0.39, 0.29) is 11.0 Å². The highest BCUT2D eigenvalue weighted by Crippen LogP contribution is 2.33. The molecule has 0 radical (unpaired) electrons. The van der Waals surface area contributed by atoms with Crippen molar-refractivity contribution in [2.75, 3.05) is 5.43 Å². The molecule has 4 nitrogen and oxygen atoms in total. The molecule has 0 atom stereocenters. The smallest absolute Gasteiger partial charge is 0.292 e. The molecule has 3 N–H and O–H groups in total. The Hall–Kier alpha value is -1.87. The third-order valence-corrected chi connectivity index (χ3v) is 3.08. The van der Waals surface area contributed by atoms with Crippen LogP contribution in [0.3, 0.4) is 0 Å². The van der Waals surface area contributed by atoms with Crippen LogP contribution >= 0.6 is 11.8 Å². The molecular weight excluding hydrogens is 296 g/mol. The van der Waals surface area contributed by atoms with E-state index >= 15 is 0 Å². The van der Waals surface area contributed by atoms with Crippen LogP contribution < -0.4 is 11.3 Å². The highest BCUT2D eigenvalue weighted by atomic mass is 32.2. The predicted octanol–water partition coefficient (Wildman–Crippen LogP) is 3.07. The number of halogens is 4. The van der Waals surface area contributed by atoms with Gasteiger partial charge in [0.2, 0.25) is 5.95 Å².